The first kappa shape index (κ1) is 13.6. The van der Waals surface area contributed by atoms with Crippen LogP contribution in [0.15, 0.2) is 39.4 Å². The van der Waals surface area contributed by atoms with Gasteiger partial charge < -0.3 is 9.52 Å². The number of imide groups is 1. The summed E-state index contributed by atoms with van der Waals surface area (Å²) in [5.74, 6) is -2.03. The second-order valence-electron chi connectivity index (χ2n) is 4.45. The van der Waals surface area contributed by atoms with Crippen LogP contribution in [0.5, 0.6) is 0 Å². The highest BCUT2D eigenvalue weighted by Gasteiger charge is 2.36. The molecule has 0 fully saturated rings. The molecule has 1 aromatic heterocycles. The summed E-state index contributed by atoms with van der Waals surface area (Å²) in [5, 5.41) is 9.02. The molecule has 3 rings (SSSR count). The van der Waals surface area contributed by atoms with Crippen LogP contribution in [0.2, 0.25) is 0 Å². The predicted octanol–water partition coefficient (Wildman–Crippen LogP) is 2.54. The van der Waals surface area contributed by atoms with Crippen molar-refractivity contribution >= 4 is 33.7 Å². The van der Waals surface area contributed by atoms with Crippen LogP contribution in [0.1, 0.15) is 36.8 Å². The monoisotopic (exact) mass is 349 g/mol. The molecule has 7 heteroatoms. The van der Waals surface area contributed by atoms with E-state index in [0.29, 0.717) is 10.0 Å². The summed E-state index contributed by atoms with van der Waals surface area (Å²) in [6, 6.07) is 6.07. The Kier molecular flexibility index (Phi) is 3.13. The van der Waals surface area contributed by atoms with Gasteiger partial charge in [-0.2, -0.15) is 0 Å². The molecule has 0 unspecified atom stereocenters. The summed E-state index contributed by atoms with van der Waals surface area (Å²) in [7, 11) is 0. The van der Waals surface area contributed by atoms with E-state index >= 15 is 0 Å². The Bertz CT molecular complexity index is 779. The largest absolute Gasteiger partial charge is 0.478 e. The van der Waals surface area contributed by atoms with Gasteiger partial charge in [-0.15, -0.1) is 0 Å². The first-order chi connectivity index (χ1) is 9.99. The molecule has 0 radical (unpaired) electrons. The minimum absolute atomic E-state index is 0.0623. The normalized spacial score (nSPS) is 13.7. The zero-order valence-corrected chi connectivity index (χ0v) is 12.1. The maximum Gasteiger partial charge on any atom is 0.339 e. The standard InChI is InChI=1S/C14H8BrNO5/c15-7-1-2-8-10(5-7)13(18)16(12(8)17)6-11-9(14(19)20)3-4-21-11/h1-5H,6H2,(H,19,20). The first-order valence-corrected chi connectivity index (χ1v) is 6.73. The number of carbonyl (C=O) groups is 3. The summed E-state index contributed by atoms with van der Waals surface area (Å²) in [6.45, 7) is -0.210. The van der Waals surface area contributed by atoms with Crippen molar-refractivity contribution in [2.75, 3.05) is 0 Å². The Balaban J connectivity index is 1.95. The average Bonchev–Trinajstić information content (AvgIpc) is 2.99. The molecular formula is C14H8BrNO5. The van der Waals surface area contributed by atoms with Crippen molar-refractivity contribution in [1.82, 2.24) is 4.90 Å². The summed E-state index contributed by atoms with van der Waals surface area (Å²) < 4.78 is 5.76. The Morgan fingerprint density at radius 3 is 2.62 bits per heavy atom. The molecule has 6 nitrogen and oxygen atoms in total. The van der Waals surface area contributed by atoms with Gasteiger partial charge in [-0.25, -0.2) is 4.79 Å². The highest BCUT2D eigenvalue weighted by Crippen LogP contribution is 2.28. The molecule has 0 spiro atoms. The van der Waals surface area contributed by atoms with Crippen LogP contribution in [0, 0.1) is 0 Å². The molecule has 2 amide bonds. The number of aromatic carboxylic acids is 1. The molecule has 1 aliphatic heterocycles. The van der Waals surface area contributed by atoms with Gasteiger partial charge in [0.15, 0.2) is 0 Å². The van der Waals surface area contributed by atoms with Crippen LogP contribution in [0.4, 0.5) is 0 Å². The highest BCUT2D eigenvalue weighted by molar-refractivity contribution is 9.10. The van der Waals surface area contributed by atoms with Gasteiger partial charge in [0.1, 0.15) is 11.3 Å². The second-order valence-corrected chi connectivity index (χ2v) is 5.36. The Labute approximate surface area is 127 Å². The zero-order chi connectivity index (χ0) is 15.1. The van der Waals surface area contributed by atoms with Crippen molar-refractivity contribution in [3.05, 3.63) is 57.5 Å². The van der Waals surface area contributed by atoms with E-state index in [1.165, 1.54) is 12.3 Å². The third-order valence-electron chi connectivity index (χ3n) is 3.21. The van der Waals surface area contributed by atoms with E-state index in [-0.39, 0.29) is 23.4 Å². The fraction of sp³-hybridized carbons (Fsp3) is 0.0714. The Morgan fingerprint density at radius 1 is 1.19 bits per heavy atom. The van der Waals surface area contributed by atoms with Crippen LogP contribution in [-0.2, 0) is 6.54 Å². The van der Waals surface area contributed by atoms with Gasteiger partial charge in [0.25, 0.3) is 11.8 Å². The van der Waals surface area contributed by atoms with E-state index in [2.05, 4.69) is 15.9 Å². The smallest absolute Gasteiger partial charge is 0.339 e. The molecule has 106 valence electrons. The van der Waals surface area contributed by atoms with Crippen molar-refractivity contribution in [3.8, 4) is 0 Å². The van der Waals surface area contributed by atoms with Gasteiger partial charge in [0.2, 0.25) is 0 Å². The molecule has 2 aromatic rings. The van der Waals surface area contributed by atoms with E-state index in [0.717, 1.165) is 4.90 Å². The fourth-order valence-electron chi connectivity index (χ4n) is 2.20. The molecule has 1 N–H and O–H groups in total. The summed E-state index contributed by atoms with van der Waals surface area (Å²) in [6.07, 6.45) is 1.22. The maximum absolute atomic E-state index is 12.3. The topological polar surface area (TPSA) is 87.8 Å². The first-order valence-electron chi connectivity index (χ1n) is 5.94. The van der Waals surface area contributed by atoms with E-state index in [1.54, 1.807) is 18.2 Å². The maximum atomic E-state index is 12.3. The number of carbonyl (C=O) groups excluding carboxylic acids is 2. The second kappa shape index (κ2) is 4.85. The number of rotatable bonds is 3. The number of nitrogens with zero attached hydrogens (tertiary/aromatic N) is 1. The van der Waals surface area contributed by atoms with Crippen LogP contribution in [0.3, 0.4) is 0 Å². The lowest BCUT2D eigenvalue weighted by Gasteiger charge is -2.12. The number of hydrogen-bond donors (Lipinski definition) is 1. The van der Waals surface area contributed by atoms with E-state index < -0.39 is 17.8 Å². The number of furan rings is 1. The lowest BCUT2D eigenvalue weighted by Crippen LogP contribution is -2.29. The van der Waals surface area contributed by atoms with Crippen LogP contribution in [-0.4, -0.2) is 27.8 Å². The Hall–Kier alpha value is -2.41. The minimum atomic E-state index is -1.17. The van der Waals surface area contributed by atoms with Crippen molar-refractivity contribution < 1.29 is 23.9 Å². The molecular weight excluding hydrogens is 342 g/mol. The summed E-state index contributed by atoms with van der Waals surface area (Å²) in [4.78, 5) is 36.5. The SMILES string of the molecule is O=C(O)c1ccoc1CN1C(=O)c2ccc(Br)cc2C1=O. The average molecular weight is 350 g/mol. The van der Waals surface area contributed by atoms with E-state index in [1.807, 2.05) is 0 Å². The predicted molar refractivity (Wildman–Crippen MR) is 74.0 cm³/mol. The third-order valence-corrected chi connectivity index (χ3v) is 3.70. The molecule has 0 aliphatic carbocycles. The molecule has 1 aromatic carbocycles. The summed E-state index contributed by atoms with van der Waals surface area (Å²) in [5.41, 5.74) is 0.525. The molecule has 0 atom stereocenters. The number of hydrogen-bond acceptors (Lipinski definition) is 4. The van der Waals surface area contributed by atoms with Crippen molar-refractivity contribution in [3.63, 3.8) is 0 Å². The van der Waals surface area contributed by atoms with Gasteiger partial charge >= 0.3 is 5.97 Å². The highest BCUT2D eigenvalue weighted by atomic mass is 79.9. The van der Waals surface area contributed by atoms with Crippen LogP contribution >= 0.6 is 15.9 Å². The number of carboxylic acid groups (broad SMARTS) is 1. The number of fused-ring (bicyclic) bond motifs is 1. The molecule has 1 aliphatic rings. The van der Waals surface area contributed by atoms with Gasteiger partial charge in [-0.1, -0.05) is 15.9 Å². The van der Waals surface area contributed by atoms with Gasteiger partial charge in [-0.05, 0) is 24.3 Å². The van der Waals surface area contributed by atoms with Gasteiger partial charge in [0.05, 0.1) is 23.9 Å². The quantitative estimate of drug-likeness (QED) is 0.860. The van der Waals surface area contributed by atoms with E-state index in [9.17, 15) is 14.4 Å². The molecule has 21 heavy (non-hydrogen) atoms. The Morgan fingerprint density at radius 2 is 1.90 bits per heavy atom. The lowest BCUT2D eigenvalue weighted by atomic mass is 10.1. The van der Waals surface area contributed by atoms with E-state index in [4.69, 9.17) is 9.52 Å². The van der Waals surface area contributed by atoms with Crippen LogP contribution < -0.4 is 0 Å². The van der Waals surface area contributed by atoms with Crippen molar-refractivity contribution in [2.45, 2.75) is 6.54 Å². The van der Waals surface area contributed by atoms with Crippen LogP contribution in [0.25, 0.3) is 0 Å². The third kappa shape index (κ3) is 2.15. The fourth-order valence-corrected chi connectivity index (χ4v) is 2.56. The molecule has 0 saturated carbocycles. The number of amides is 2. The van der Waals surface area contributed by atoms with Gasteiger partial charge in [0, 0.05) is 4.47 Å². The van der Waals surface area contributed by atoms with Crippen molar-refractivity contribution in [1.29, 1.82) is 0 Å². The zero-order valence-electron chi connectivity index (χ0n) is 10.5. The van der Waals surface area contributed by atoms with Crippen molar-refractivity contribution in [2.24, 2.45) is 0 Å². The molecule has 0 bridgehead atoms. The number of halogens is 1. The number of carboxylic acids is 1. The molecule has 0 saturated heterocycles. The number of benzene rings is 1. The summed E-state index contributed by atoms with van der Waals surface area (Å²) >= 11 is 3.25. The molecule has 2 heterocycles. The van der Waals surface area contributed by atoms with Gasteiger partial charge in [-0.3, -0.25) is 14.5 Å². The lowest BCUT2D eigenvalue weighted by molar-refractivity contribution is 0.0615. The minimum Gasteiger partial charge on any atom is -0.478 e.